The Labute approximate surface area is 67.0 Å². The van der Waals surface area contributed by atoms with Crippen molar-refractivity contribution < 1.29 is 0 Å². The van der Waals surface area contributed by atoms with Gasteiger partial charge in [-0.1, -0.05) is 17.7 Å². The van der Waals surface area contributed by atoms with E-state index in [4.69, 9.17) is 0 Å². The maximum atomic E-state index is 3.99. The van der Waals surface area contributed by atoms with Crippen molar-refractivity contribution in [3.63, 3.8) is 0 Å². The van der Waals surface area contributed by atoms with Crippen LogP contribution in [-0.2, 0) is 0 Å². The van der Waals surface area contributed by atoms with Gasteiger partial charge in [-0.15, -0.1) is 0 Å². The predicted molar refractivity (Wildman–Crippen MR) is 46.2 cm³/mol. The summed E-state index contributed by atoms with van der Waals surface area (Å²) < 4.78 is 0. The lowest BCUT2D eigenvalue weighted by atomic mass is 10.2. The average Bonchev–Trinajstić information content (AvgIpc) is 2.04. The second kappa shape index (κ2) is 3.86. The van der Waals surface area contributed by atoms with E-state index in [0.29, 0.717) is 0 Å². The summed E-state index contributed by atoms with van der Waals surface area (Å²) in [4.78, 5) is 0. The van der Waals surface area contributed by atoms with Gasteiger partial charge in [-0.25, -0.2) is 0 Å². The third-order valence-electron chi connectivity index (χ3n) is 1.36. The maximum absolute atomic E-state index is 3.99. The zero-order chi connectivity index (χ0) is 8.10. The normalized spacial score (nSPS) is 10.7. The minimum absolute atomic E-state index is 0.744. The number of rotatable bonds is 2. The van der Waals surface area contributed by atoms with Gasteiger partial charge in [0.1, 0.15) is 0 Å². The summed E-state index contributed by atoms with van der Waals surface area (Å²) >= 11 is 0. The van der Waals surface area contributed by atoms with Crippen LogP contribution in [0.4, 0.5) is 5.69 Å². The van der Waals surface area contributed by atoms with Gasteiger partial charge in [0.15, 0.2) is 0 Å². The van der Waals surface area contributed by atoms with E-state index in [-0.39, 0.29) is 0 Å². The van der Waals surface area contributed by atoms with E-state index in [0.717, 1.165) is 12.2 Å². The maximum Gasteiger partial charge on any atom is 0.0852 e. The highest BCUT2D eigenvalue weighted by atomic mass is 15.1. The third-order valence-corrected chi connectivity index (χ3v) is 1.36. The summed E-state index contributed by atoms with van der Waals surface area (Å²) in [5, 5.41) is 7.89. The minimum atomic E-state index is 0.744. The van der Waals surface area contributed by atoms with Crippen molar-refractivity contribution in [2.75, 3.05) is 6.54 Å². The zero-order valence-corrected chi connectivity index (χ0v) is 6.91. The third kappa shape index (κ3) is 2.50. The first-order chi connectivity index (χ1) is 5.33. The Balaban J connectivity index is 2.73. The number of hydrogen-bond acceptors (Lipinski definition) is 2. The number of aryl methyl sites for hydroxylation is 1. The second-order valence-corrected chi connectivity index (χ2v) is 2.39. The molecule has 0 heterocycles. The van der Waals surface area contributed by atoms with Crippen LogP contribution in [0.25, 0.3) is 0 Å². The molecule has 58 valence electrons. The summed E-state index contributed by atoms with van der Waals surface area (Å²) in [6, 6.07) is 8.00. The van der Waals surface area contributed by atoms with Gasteiger partial charge < -0.3 is 0 Å². The molecule has 0 bridgehead atoms. The number of nitrogens with zero attached hydrogens (tertiary/aromatic N) is 2. The Morgan fingerprint density at radius 3 is 2.36 bits per heavy atom. The largest absolute Gasteiger partial charge is 0.189 e. The topological polar surface area (TPSA) is 24.7 Å². The van der Waals surface area contributed by atoms with E-state index in [1.165, 1.54) is 5.56 Å². The van der Waals surface area contributed by atoms with Crippen molar-refractivity contribution in [1.82, 2.24) is 0 Å². The Morgan fingerprint density at radius 2 is 1.82 bits per heavy atom. The molecular formula is C9H12N2. The zero-order valence-electron chi connectivity index (χ0n) is 6.91. The van der Waals surface area contributed by atoms with Crippen LogP contribution in [0.1, 0.15) is 12.5 Å². The first-order valence-electron chi connectivity index (χ1n) is 3.77. The monoisotopic (exact) mass is 148 g/mol. The standard InChI is InChI=1S/C9H12N2/c1-3-10-11-9-6-4-8(2)5-7-9/h4-7H,3H2,1-2H3. The molecule has 0 unspecified atom stereocenters. The molecule has 0 aliphatic carbocycles. The van der Waals surface area contributed by atoms with Gasteiger partial charge in [0.2, 0.25) is 0 Å². The van der Waals surface area contributed by atoms with Crippen molar-refractivity contribution in [2.45, 2.75) is 13.8 Å². The van der Waals surface area contributed by atoms with Crippen LogP contribution in [0.5, 0.6) is 0 Å². The highest BCUT2D eigenvalue weighted by Crippen LogP contribution is 2.12. The van der Waals surface area contributed by atoms with Crippen molar-refractivity contribution >= 4 is 5.69 Å². The summed E-state index contributed by atoms with van der Waals surface area (Å²) in [7, 11) is 0. The lowest BCUT2D eigenvalue weighted by molar-refractivity contribution is 1.01. The van der Waals surface area contributed by atoms with Crippen LogP contribution in [0.15, 0.2) is 34.5 Å². The first kappa shape index (κ1) is 7.92. The molecule has 0 fully saturated rings. The van der Waals surface area contributed by atoms with Crippen LogP contribution >= 0.6 is 0 Å². The summed E-state index contributed by atoms with van der Waals surface area (Å²) in [6.07, 6.45) is 0. The van der Waals surface area contributed by atoms with Crippen molar-refractivity contribution in [3.8, 4) is 0 Å². The van der Waals surface area contributed by atoms with Crippen LogP contribution in [0, 0.1) is 6.92 Å². The molecule has 0 aliphatic rings. The van der Waals surface area contributed by atoms with E-state index in [2.05, 4.69) is 17.2 Å². The van der Waals surface area contributed by atoms with E-state index < -0.39 is 0 Å². The molecule has 1 rings (SSSR count). The molecule has 2 nitrogen and oxygen atoms in total. The van der Waals surface area contributed by atoms with Gasteiger partial charge >= 0.3 is 0 Å². The van der Waals surface area contributed by atoms with Gasteiger partial charge in [-0.05, 0) is 26.0 Å². The molecule has 2 heteroatoms. The molecule has 11 heavy (non-hydrogen) atoms. The lowest BCUT2D eigenvalue weighted by Crippen LogP contribution is -1.68. The average molecular weight is 148 g/mol. The van der Waals surface area contributed by atoms with Gasteiger partial charge in [0.05, 0.1) is 12.2 Å². The molecule has 1 aromatic carbocycles. The van der Waals surface area contributed by atoms with Gasteiger partial charge in [-0.2, -0.15) is 10.2 Å². The van der Waals surface area contributed by atoms with E-state index >= 15 is 0 Å². The fraction of sp³-hybridized carbons (Fsp3) is 0.333. The Kier molecular flexibility index (Phi) is 2.78. The van der Waals surface area contributed by atoms with Crippen LogP contribution in [0.2, 0.25) is 0 Å². The number of hydrogen-bond donors (Lipinski definition) is 0. The highest BCUT2D eigenvalue weighted by Gasteiger charge is 1.86. The molecular weight excluding hydrogens is 136 g/mol. The van der Waals surface area contributed by atoms with Crippen molar-refractivity contribution in [1.29, 1.82) is 0 Å². The first-order valence-corrected chi connectivity index (χ1v) is 3.77. The Hall–Kier alpha value is -1.18. The van der Waals surface area contributed by atoms with E-state index in [1.54, 1.807) is 0 Å². The smallest absolute Gasteiger partial charge is 0.0852 e. The molecule has 1 aromatic rings. The Morgan fingerprint density at radius 1 is 1.18 bits per heavy atom. The molecule has 0 saturated heterocycles. The fourth-order valence-corrected chi connectivity index (χ4v) is 0.764. The van der Waals surface area contributed by atoms with Crippen LogP contribution in [0.3, 0.4) is 0 Å². The minimum Gasteiger partial charge on any atom is -0.189 e. The van der Waals surface area contributed by atoms with Crippen LogP contribution < -0.4 is 0 Å². The van der Waals surface area contributed by atoms with Crippen molar-refractivity contribution in [2.24, 2.45) is 10.2 Å². The molecule has 0 amide bonds. The van der Waals surface area contributed by atoms with Gasteiger partial charge in [-0.3, -0.25) is 0 Å². The fourth-order valence-electron chi connectivity index (χ4n) is 0.764. The Bertz CT molecular complexity index is 236. The van der Waals surface area contributed by atoms with Gasteiger partial charge in [0.25, 0.3) is 0 Å². The quantitative estimate of drug-likeness (QED) is 0.576. The molecule has 0 saturated carbocycles. The van der Waals surface area contributed by atoms with Crippen molar-refractivity contribution in [3.05, 3.63) is 29.8 Å². The molecule has 0 aromatic heterocycles. The summed E-state index contributed by atoms with van der Waals surface area (Å²) in [6.45, 7) is 4.77. The van der Waals surface area contributed by atoms with E-state index in [9.17, 15) is 0 Å². The van der Waals surface area contributed by atoms with E-state index in [1.807, 2.05) is 31.2 Å². The highest BCUT2D eigenvalue weighted by molar-refractivity contribution is 5.37. The molecule has 0 aliphatic heterocycles. The van der Waals surface area contributed by atoms with Gasteiger partial charge in [0, 0.05) is 0 Å². The number of benzene rings is 1. The molecule has 0 spiro atoms. The SMILES string of the molecule is CCN=Nc1ccc(C)cc1. The summed E-state index contributed by atoms with van der Waals surface area (Å²) in [5.41, 5.74) is 2.18. The predicted octanol–water partition coefficient (Wildman–Crippen LogP) is 3.10. The molecule has 0 N–H and O–H groups in total. The number of azo groups is 1. The lowest BCUT2D eigenvalue weighted by Gasteiger charge is -1.91. The van der Waals surface area contributed by atoms with Crippen LogP contribution in [-0.4, -0.2) is 6.54 Å². The summed E-state index contributed by atoms with van der Waals surface area (Å²) in [5.74, 6) is 0. The molecule has 0 atom stereocenters. The second-order valence-electron chi connectivity index (χ2n) is 2.39. The molecule has 0 radical (unpaired) electrons.